The Morgan fingerprint density at radius 2 is 1.83 bits per heavy atom. The number of anilines is 1. The normalized spacial score (nSPS) is 15.7. The molecular formula is C32H40N6O4. The van der Waals surface area contributed by atoms with Gasteiger partial charge in [0.05, 0.1) is 6.54 Å². The number of alkyl carbamates (subject to hydrolysis) is 1. The second-order valence-electron chi connectivity index (χ2n) is 12.3. The van der Waals surface area contributed by atoms with Crippen LogP contribution in [0.1, 0.15) is 53.0 Å². The molecule has 5 rings (SSSR count). The fourth-order valence-corrected chi connectivity index (χ4v) is 5.54. The molecule has 1 unspecified atom stereocenters. The zero-order chi connectivity index (χ0) is 30.2. The van der Waals surface area contributed by atoms with Crippen LogP contribution in [-0.4, -0.2) is 49.5 Å². The van der Waals surface area contributed by atoms with Gasteiger partial charge in [-0.05, 0) is 63.8 Å². The second kappa shape index (κ2) is 11.5. The van der Waals surface area contributed by atoms with Crippen LogP contribution in [0.15, 0.2) is 63.7 Å². The number of hydrogen-bond donors (Lipinski definition) is 1. The van der Waals surface area contributed by atoms with Crippen LogP contribution < -0.4 is 21.5 Å². The van der Waals surface area contributed by atoms with Gasteiger partial charge in [0.25, 0.3) is 5.56 Å². The lowest BCUT2D eigenvalue weighted by Crippen LogP contribution is -2.49. The van der Waals surface area contributed by atoms with Gasteiger partial charge in [0, 0.05) is 32.7 Å². The number of hydrogen-bond acceptors (Lipinski definition) is 6. The standard InChI is InChI=1S/C32H40N6O4/c1-21(2)16-18-37-26-27(34-29(37)36-17-10-14-24(20-36)33-30(40)42-32(3,4)5)35(6)31(41)38(28(26)39)19-23-13-9-12-22-11-7-8-15-25(22)23/h7-9,11-13,15-16,24H,10,14,17-20H2,1-6H3,(H,33,40). The monoisotopic (exact) mass is 572 g/mol. The van der Waals surface area contributed by atoms with Crippen molar-refractivity contribution in [2.75, 3.05) is 18.0 Å². The minimum atomic E-state index is -0.590. The summed E-state index contributed by atoms with van der Waals surface area (Å²) in [7, 11) is 1.66. The molecule has 1 N–H and O–H groups in total. The molecule has 222 valence electrons. The molecule has 4 aromatic rings. The van der Waals surface area contributed by atoms with Gasteiger partial charge in [0.2, 0.25) is 5.95 Å². The molecule has 10 nitrogen and oxygen atoms in total. The first-order chi connectivity index (χ1) is 19.9. The Hall–Kier alpha value is -4.34. The zero-order valence-corrected chi connectivity index (χ0v) is 25.3. The van der Waals surface area contributed by atoms with Crippen LogP contribution in [0.25, 0.3) is 21.9 Å². The average molecular weight is 573 g/mol. The van der Waals surface area contributed by atoms with Crippen molar-refractivity contribution in [1.82, 2.24) is 24.0 Å². The van der Waals surface area contributed by atoms with Crippen LogP contribution in [0.2, 0.25) is 0 Å². The number of ether oxygens (including phenoxy) is 1. The third-order valence-electron chi connectivity index (χ3n) is 7.53. The molecule has 42 heavy (non-hydrogen) atoms. The molecule has 3 heterocycles. The summed E-state index contributed by atoms with van der Waals surface area (Å²) in [6.07, 6.45) is 3.23. The van der Waals surface area contributed by atoms with Crippen LogP contribution in [0.4, 0.5) is 10.7 Å². The molecule has 1 aliphatic heterocycles. The van der Waals surface area contributed by atoms with E-state index in [1.165, 1.54) is 9.13 Å². The first kappa shape index (κ1) is 29.2. The van der Waals surface area contributed by atoms with E-state index in [2.05, 4.69) is 10.2 Å². The van der Waals surface area contributed by atoms with Gasteiger partial charge in [0.1, 0.15) is 5.60 Å². The Kier molecular flexibility index (Phi) is 7.99. The molecule has 1 aliphatic rings. The molecule has 0 spiro atoms. The minimum absolute atomic E-state index is 0.142. The number of rotatable bonds is 6. The molecule has 1 amide bonds. The van der Waals surface area contributed by atoms with Crippen LogP contribution in [-0.2, 0) is 24.9 Å². The van der Waals surface area contributed by atoms with Gasteiger partial charge in [-0.25, -0.2) is 9.59 Å². The van der Waals surface area contributed by atoms with Crippen molar-refractivity contribution in [1.29, 1.82) is 0 Å². The number of benzene rings is 2. The van der Waals surface area contributed by atoms with Crippen molar-refractivity contribution in [3.63, 3.8) is 0 Å². The van der Waals surface area contributed by atoms with Gasteiger partial charge in [0.15, 0.2) is 11.2 Å². The van der Waals surface area contributed by atoms with Gasteiger partial charge in [-0.15, -0.1) is 0 Å². The predicted octanol–water partition coefficient (Wildman–Crippen LogP) is 4.56. The van der Waals surface area contributed by atoms with Gasteiger partial charge in [-0.3, -0.25) is 13.9 Å². The second-order valence-corrected chi connectivity index (χ2v) is 12.3. The summed E-state index contributed by atoms with van der Waals surface area (Å²) in [6.45, 7) is 11.3. The smallest absolute Gasteiger partial charge is 0.407 e. The van der Waals surface area contributed by atoms with Gasteiger partial charge in [-0.2, -0.15) is 4.98 Å². The number of carbonyl (C=O) groups is 1. The molecule has 1 saturated heterocycles. The van der Waals surface area contributed by atoms with Crippen LogP contribution in [0.5, 0.6) is 0 Å². The van der Waals surface area contributed by atoms with E-state index >= 15 is 0 Å². The summed E-state index contributed by atoms with van der Waals surface area (Å²) in [5.74, 6) is 0.605. The molecule has 2 aromatic carbocycles. The molecule has 1 fully saturated rings. The summed E-state index contributed by atoms with van der Waals surface area (Å²) >= 11 is 0. The van der Waals surface area contributed by atoms with E-state index < -0.39 is 17.4 Å². The Morgan fingerprint density at radius 3 is 2.57 bits per heavy atom. The maximum Gasteiger partial charge on any atom is 0.407 e. The number of aryl methyl sites for hydroxylation is 1. The summed E-state index contributed by atoms with van der Waals surface area (Å²) < 4.78 is 10.1. The number of nitrogens with zero attached hydrogens (tertiary/aromatic N) is 5. The largest absolute Gasteiger partial charge is 0.444 e. The Labute approximate surface area is 245 Å². The fourth-order valence-electron chi connectivity index (χ4n) is 5.54. The highest BCUT2D eigenvalue weighted by Crippen LogP contribution is 2.25. The highest BCUT2D eigenvalue weighted by Gasteiger charge is 2.29. The molecule has 0 aliphatic carbocycles. The first-order valence-electron chi connectivity index (χ1n) is 14.5. The molecule has 0 bridgehead atoms. The number of aromatic nitrogens is 4. The van der Waals surface area contributed by atoms with E-state index in [9.17, 15) is 14.4 Å². The number of carbonyl (C=O) groups excluding carboxylic acids is 1. The van der Waals surface area contributed by atoms with Crippen LogP contribution >= 0.6 is 0 Å². The van der Waals surface area contributed by atoms with Gasteiger partial charge in [-0.1, -0.05) is 54.1 Å². The summed E-state index contributed by atoms with van der Waals surface area (Å²) in [5.41, 5.74) is 1.35. The number of fused-ring (bicyclic) bond motifs is 2. The summed E-state index contributed by atoms with van der Waals surface area (Å²) in [4.78, 5) is 47.2. The maximum absolute atomic E-state index is 14.1. The van der Waals surface area contributed by atoms with E-state index in [4.69, 9.17) is 9.72 Å². The summed E-state index contributed by atoms with van der Waals surface area (Å²) in [6, 6.07) is 13.7. The van der Waals surface area contributed by atoms with Gasteiger partial charge < -0.3 is 19.5 Å². The number of imidazole rings is 1. The van der Waals surface area contributed by atoms with Crippen LogP contribution in [0.3, 0.4) is 0 Å². The Morgan fingerprint density at radius 1 is 1.10 bits per heavy atom. The van der Waals surface area contributed by atoms with E-state index in [0.717, 1.165) is 34.8 Å². The zero-order valence-electron chi connectivity index (χ0n) is 25.3. The maximum atomic E-state index is 14.1. The number of piperidine rings is 1. The van der Waals surface area contributed by atoms with E-state index in [-0.39, 0.29) is 18.1 Å². The van der Waals surface area contributed by atoms with Crippen molar-refractivity contribution in [3.05, 3.63) is 80.5 Å². The average Bonchev–Trinajstić information content (AvgIpc) is 3.32. The van der Waals surface area contributed by atoms with Crippen molar-refractivity contribution in [2.24, 2.45) is 7.05 Å². The molecule has 0 saturated carbocycles. The lowest BCUT2D eigenvalue weighted by Gasteiger charge is -2.34. The molecule has 0 radical (unpaired) electrons. The fraction of sp³-hybridized carbons (Fsp3) is 0.438. The molecule has 10 heteroatoms. The van der Waals surface area contributed by atoms with Crippen LogP contribution in [0, 0.1) is 0 Å². The predicted molar refractivity (Wildman–Crippen MR) is 166 cm³/mol. The SMILES string of the molecule is CC(C)=CCn1c(N2CCCC(NC(=O)OC(C)(C)C)C2)nc2c1c(=O)n(Cc1cccc3ccccc13)c(=O)n2C. The first-order valence-corrected chi connectivity index (χ1v) is 14.5. The lowest BCUT2D eigenvalue weighted by atomic mass is 10.0. The Balaban J connectivity index is 1.58. The highest BCUT2D eigenvalue weighted by molar-refractivity contribution is 5.85. The van der Waals surface area contributed by atoms with E-state index in [1.54, 1.807) is 7.05 Å². The van der Waals surface area contributed by atoms with Crippen molar-refractivity contribution >= 4 is 34.0 Å². The molecular weight excluding hydrogens is 532 g/mol. The summed E-state index contributed by atoms with van der Waals surface area (Å²) in [5, 5.41) is 5.05. The lowest BCUT2D eigenvalue weighted by molar-refractivity contribution is 0.0499. The van der Waals surface area contributed by atoms with Gasteiger partial charge >= 0.3 is 11.8 Å². The third-order valence-corrected chi connectivity index (χ3v) is 7.53. The van der Waals surface area contributed by atoms with E-state index in [1.807, 2.05) is 87.7 Å². The third kappa shape index (κ3) is 5.98. The minimum Gasteiger partial charge on any atom is -0.444 e. The molecule has 1 atom stereocenters. The van der Waals surface area contributed by atoms with E-state index in [0.29, 0.717) is 36.7 Å². The topological polar surface area (TPSA) is 103 Å². The van der Waals surface area contributed by atoms with Crippen molar-refractivity contribution in [3.8, 4) is 0 Å². The van der Waals surface area contributed by atoms with Crippen molar-refractivity contribution < 1.29 is 9.53 Å². The van der Waals surface area contributed by atoms with Crippen molar-refractivity contribution in [2.45, 2.75) is 72.2 Å². The quantitative estimate of drug-likeness (QED) is 0.340. The number of allylic oxidation sites excluding steroid dienone is 2. The number of amides is 1. The highest BCUT2D eigenvalue weighted by atomic mass is 16.6. The molecule has 2 aromatic heterocycles. The Bertz CT molecular complexity index is 1780. The number of nitrogens with one attached hydrogen (secondary N) is 1.